The molecule has 184 valence electrons. The number of benzene rings is 2. The molecule has 1 aromatic heterocycles. The summed E-state index contributed by atoms with van der Waals surface area (Å²) in [5.74, 6) is -0.104. The Morgan fingerprint density at radius 2 is 2.06 bits per heavy atom. The van der Waals surface area contributed by atoms with Gasteiger partial charge in [-0.2, -0.15) is 0 Å². The van der Waals surface area contributed by atoms with Gasteiger partial charge < -0.3 is 29.9 Å². The number of carbonyl (C=O) groups is 2. The van der Waals surface area contributed by atoms with Gasteiger partial charge in [0, 0.05) is 54.8 Å². The maximum atomic E-state index is 13.9. The third kappa shape index (κ3) is 4.05. The Kier molecular flexibility index (Phi) is 6.21. The summed E-state index contributed by atoms with van der Waals surface area (Å²) in [5, 5.41) is 15.0. The average Bonchev–Trinajstić information content (AvgIpc) is 3.17. The first-order valence-corrected chi connectivity index (χ1v) is 12.1. The average molecular weight is 497 g/mol. The van der Waals surface area contributed by atoms with Crippen molar-refractivity contribution < 1.29 is 19.4 Å². The van der Waals surface area contributed by atoms with Crippen molar-refractivity contribution in [2.75, 3.05) is 39.9 Å². The summed E-state index contributed by atoms with van der Waals surface area (Å²) in [5.41, 5.74) is 2.37. The van der Waals surface area contributed by atoms with Gasteiger partial charge in [-0.15, -0.1) is 0 Å². The van der Waals surface area contributed by atoms with E-state index in [1.54, 1.807) is 35.1 Å². The Balaban J connectivity index is 1.59. The number of fused-ring (bicyclic) bond motifs is 4. The first-order valence-electron chi connectivity index (χ1n) is 11.7. The van der Waals surface area contributed by atoms with Crippen molar-refractivity contribution in [2.45, 2.75) is 24.9 Å². The number of ether oxygens (including phenoxy) is 1. The van der Waals surface area contributed by atoms with Crippen LogP contribution in [0.5, 0.6) is 5.75 Å². The number of carbonyl (C=O) groups excluding carboxylic acids is 2. The molecule has 35 heavy (non-hydrogen) atoms. The number of hydrogen-bond donors (Lipinski definition) is 3. The van der Waals surface area contributed by atoms with Crippen LogP contribution in [-0.4, -0.2) is 77.1 Å². The van der Waals surface area contributed by atoms with Crippen LogP contribution in [0, 0.1) is 0 Å². The zero-order chi connectivity index (χ0) is 24.7. The number of nitrogens with zero attached hydrogens (tertiary/aromatic N) is 2. The van der Waals surface area contributed by atoms with Gasteiger partial charge in [0.15, 0.2) is 0 Å². The highest BCUT2D eigenvalue weighted by Crippen LogP contribution is 2.47. The molecule has 0 aliphatic carbocycles. The van der Waals surface area contributed by atoms with Gasteiger partial charge in [-0.05, 0) is 48.4 Å². The van der Waals surface area contributed by atoms with Gasteiger partial charge >= 0.3 is 0 Å². The smallest absolute Gasteiger partial charge is 0.249 e. The van der Waals surface area contributed by atoms with E-state index in [0.29, 0.717) is 37.7 Å². The number of methoxy groups -OCH3 is 1. The summed E-state index contributed by atoms with van der Waals surface area (Å²) in [6.07, 6.45) is 0.371. The predicted molar refractivity (Wildman–Crippen MR) is 134 cm³/mol. The van der Waals surface area contributed by atoms with E-state index in [1.807, 2.05) is 31.2 Å². The molecule has 2 amide bonds. The van der Waals surface area contributed by atoms with Gasteiger partial charge in [0.1, 0.15) is 11.3 Å². The molecule has 2 aromatic carbocycles. The molecule has 0 bridgehead atoms. The molecule has 3 aromatic rings. The quantitative estimate of drug-likeness (QED) is 0.437. The van der Waals surface area contributed by atoms with Crippen LogP contribution in [0.25, 0.3) is 10.9 Å². The molecule has 1 fully saturated rings. The van der Waals surface area contributed by atoms with E-state index < -0.39 is 11.6 Å². The van der Waals surface area contributed by atoms with Crippen molar-refractivity contribution in [3.63, 3.8) is 0 Å². The van der Waals surface area contributed by atoms with Gasteiger partial charge in [0.05, 0.1) is 19.2 Å². The van der Waals surface area contributed by atoms with Crippen LogP contribution >= 0.6 is 11.6 Å². The third-order valence-electron chi connectivity index (χ3n) is 7.06. The van der Waals surface area contributed by atoms with Crippen molar-refractivity contribution in [3.05, 3.63) is 64.3 Å². The minimum atomic E-state index is -1.08. The lowest BCUT2D eigenvalue weighted by Crippen LogP contribution is -2.70. The predicted octanol–water partition coefficient (Wildman–Crippen LogP) is 2.84. The van der Waals surface area contributed by atoms with Gasteiger partial charge in [-0.3, -0.25) is 9.59 Å². The number of rotatable bonds is 7. The molecular formula is C26H29ClN4O4. The summed E-state index contributed by atoms with van der Waals surface area (Å²) < 4.78 is 5.06. The van der Waals surface area contributed by atoms with E-state index in [4.69, 9.17) is 16.3 Å². The number of piperazine rings is 1. The molecule has 8 nitrogen and oxygen atoms in total. The summed E-state index contributed by atoms with van der Waals surface area (Å²) in [6.45, 7) is 4.12. The topological polar surface area (TPSA) is 97.9 Å². The molecule has 0 unspecified atom stereocenters. The molecule has 3 N–H and O–H groups in total. The van der Waals surface area contributed by atoms with Gasteiger partial charge in [-0.1, -0.05) is 23.7 Å². The number of hydrogen-bond acceptors (Lipinski definition) is 5. The van der Waals surface area contributed by atoms with E-state index in [1.165, 1.54) is 0 Å². The molecular weight excluding hydrogens is 468 g/mol. The number of aromatic amines is 1. The van der Waals surface area contributed by atoms with Crippen molar-refractivity contribution in [2.24, 2.45) is 0 Å². The van der Waals surface area contributed by atoms with Crippen LogP contribution in [0.15, 0.2) is 42.5 Å². The molecule has 2 aliphatic rings. The van der Waals surface area contributed by atoms with Crippen LogP contribution in [0.2, 0.25) is 5.02 Å². The number of aromatic hydroxyl groups is 1. The van der Waals surface area contributed by atoms with Crippen LogP contribution in [-0.2, 0) is 20.7 Å². The van der Waals surface area contributed by atoms with Crippen LogP contribution in [0.4, 0.5) is 0 Å². The Labute approximate surface area is 208 Å². The summed E-state index contributed by atoms with van der Waals surface area (Å²) >= 11 is 6.33. The second-order valence-electron chi connectivity index (χ2n) is 9.39. The second kappa shape index (κ2) is 9.18. The highest BCUT2D eigenvalue weighted by molar-refractivity contribution is 6.31. The fraction of sp³-hybridized carbons (Fsp3) is 0.385. The van der Waals surface area contributed by atoms with E-state index in [0.717, 1.165) is 27.7 Å². The third-order valence-corrected chi connectivity index (χ3v) is 7.29. The Bertz CT molecular complexity index is 1290. The maximum absolute atomic E-state index is 13.9. The minimum absolute atomic E-state index is 0.0110. The lowest BCUT2D eigenvalue weighted by Gasteiger charge is -2.53. The normalized spacial score (nSPS) is 22.0. The molecule has 0 radical (unpaired) electrons. The number of halogens is 1. The molecule has 3 heterocycles. The molecule has 0 saturated carbocycles. The van der Waals surface area contributed by atoms with Gasteiger partial charge in [0.2, 0.25) is 11.8 Å². The van der Waals surface area contributed by atoms with Gasteiger partial charge in [-0.25, -0.2) is 0 Å². The number of amides is 2. The van der Waals surface area contributed by atoms with E-state index in [2.05, 4.69) is 10.3 Å². The van der Waals surface area contributed by atoms with Crippen molar-refractivity contribution >= 4 is 34.3 Å². The van der Waals surface area contributed by atoms with Crippen LogP contribution in [0.1, 0.15) is 29.8 Å². The van der Waals surface area contributed by atoms with E-state index in [-0.39, 0.29) is 24.1 Å². The summed E-state index contributed by atoms with van der Waals surface area (Å²) in [7, 11) is 1.64. The number of phenols is 1. The molecule has 9 heteroatoms. The van der Waals surface area contributed by atoms with E-state index >= 15 is 0 Å². The maximum Gasteiger partial charge on any atom is 0.249 e. The highest BCUT2D eigenvalue weighted by Gasteiger charge is 2.55. The Hall–Kier alpha value is -3.07. The van der Waals surface area contributed by atoms with Gasteiger partial charge in [0.25, 0.3) is 0 Å². The molecule has 0 spiro atoms. The largest absolute Gasteiger partial charge is 0.508 e. The van der Waals surface area contributed by atoms with Crippen LogP contribution < -0.4 is 5.32 Å². The van der Waals surface area contributed by atoms with Crippen molar-refractivity contribution in [3.8, 4) is 5.75 Å². The van der Waals surface area contributed by atoms with Crippen molar-refractivity contribution in [1.82, 2.24) is 20.1 Å². The number of H-pyrrole nitrogens is 1. The monoisotopic (exact) mass is 496 g/mol. The minimum Gasteiger partial charge on any atom is -0.508 e. The molecule has 2 aliphatic heterocycles. The Morgan fingerprint density at radius 1 is 1.23 bits per heavy atom. The highest BCUT2D eigenvalue weighted by atomic mass is 35.5. The number of aromatic nitrogens is 1. The first-order chi connectivity index (χ1) is 16.8. The lowest BCUT2D eigenvalue weighted by atomic mass is 9.78. The fourth-order valence-corrected chi connectivity index (χ4v) is 5.63. The molecule has 5 rings (SSSR count). The zero-order valence-corrected chi connectivity index (χ0v) is 20.6. The lowest BCUT2D eigenvalue weighted by molar-refractivity contribution is -0.167. The standard InChI is InChI=1S/C26H29ClN4O4/c1-26-14-20-19-13-17(27)6-7-21(19)29-23(20)24(16-4-3-5-18(32)12-16)31(26)22(33)15-30(25(26)34)10-8-28-9-11-35-2/h3-7,12-13,24,28-29,32H,8-11,14-15H2,1-2H3/t24-,26+/m1/s1. The van der Waals surface area contributed by atoms with Crippen molar-refractivity contribution in [1.29, 1.82) is 0 Å². The summed E-state index contributed by atoms with van der Waals surface area (Å²) in [4.78, 5) is 34.4. The number of phenolic OH excluding ortho intramolecular Hbond substituents is 1. The zero-order valence-electron chi connectivity index (χ0n) is 19.8. The fourth-order valence-electron chi connectivity index (χ4n) is 5.46. The SMILES string of the molecule is COCCNCCN1CC(=O)N2[C@H](c3cccc(O)c3)c3[nH]c4ccc(Cl)cc4c3C[C@@]2(C)C1=O. The second-order valence-corrected chi connectivity index (χ2v) is 9.82. The molecule has 1 saturated heterocycles. The first kappa shape index (κ1) is 23.7. The Morgan fingerprint density at radius 3 is 2.83 bits per heavy atom. The van der Waals surface area contributed by atoms with E-state index in [9.17, 15) is 14.7 Å². The van der Waals surface area contributed by atoms with Crippen LogP contribution in [0.3, 0.4) is 0 Å². The molecule has 2 atom stereocenters. The number of nitrogens with one attached hydrogen (secondary N) is 2. The summed E-state index contributed by atoms with van der Waals surface area (Å²) in [6, 6.07) is 12.0.